The number of anilines is 1. The quantitative estimate of drug-likeness (QED) is 0.565. The smallest absolute Gasteiger partial charge is 0.254 e. The summed E-state index contributed by atoms with van der Waals surface area (Å²) < 4.78 is 1.75. The van der Waals surface area contributed by atoms with Crippen LogP contribution in [-0.2, 0) is 4.79 Å². The van der Waals surface area contributed by atoms with Crippen LogP contribution in [0.2, 0.25) is 10.0 Å². The molecule has 1 amide bonds. The zero-order chi connectivity index (χ0) is 21.4. The second kappa shape index (κ2) is 8.17. The topological polar surface area (TPSA) is 50.2 Å². The summed E-state index contributed by atoms with van der Waals surface area (Å²) in [4.78, 5) is 15.5. The Morgan fingerprint density at radius 1 is 1.17 bits per heavy atom. The van der Waals surface area contributed by atoms with Crippen molar-refractivity contribution in [2.24, 2.45) is 0 Å². The molecule has 1 aliphatic rings. The Labute approximate surface area is 185 Å². The molecule has 0 saturated carbocycles. The average Bonchev–Trinajstić information content (AvgIpc) is 3.12. The van der Waals surface area contributed by atoms with Gasteiger partial charge in [-0.05, 0) is 37.1 Å². The molecule has 1 aromatic heterocycles. The van der Waals surface area contributed by atoms with Crippen molar-refractivity contribution in [3.8, 4) is 0 Å². The summed E-state index contributed by atoms with van der Waals surface area (Å²) in [6, 6.07) is 16.9. The Bertz CT molecular complexity index is 1120. The molecule has 7 heteroatoms. The molecule has 0 spiro atoms. The number of nitrogens with one attached hydrogen (secondary N) is 1. The van der Waals surface area contributed by atoms with Gasteiger partial charge in [0.05, 0.1) is 17.8 Å². The van der Waals surface area contributed by atoms with Gasteiger partial charge >= 0.3 is 0 Å². The van der Waals surface area contributed by atoms with Crippen LogP contribution in [0.25, 0.3) is 0 Å². The minimum absolute atomic E-state index is 0.0846. The molecule has 1 aliphatic heterocycles. The summed E-state index contributed by atoms with van der Waals surface area (Å²) >= 11 is 12.6. The van der Waals surface area contributed by atoms with Crippen molar-refractivity contribution in [3.05, 3.63) is 93.2 Å². The summed E-state index contributed by atoms with van der Waals surface area (Å²) in [5, 5.41) is 8.80. The molecule has 3 aromatic rings. The van der Waals surface area contributed by atoms with Gasteiger partial charge in [-0.1, -0.05) is 65.7 Å². The second-order valence-corrected chi connectivity index (χ2v) is 8.25. The molecule has 5 nitrogen and oxygen atoms in total. The number of carbonyl (C=O) groups excluding carboxylic acids is 1. The Balaban J connectivity index is 1.79. The van der Waals surface area contributed by atoms with E-state index in [1.165, 1.54) is 0 Å². The maximum absolute atomic E-state index is 13.7. The highest BCUT2D eigenvalue weighted by molar-refractivity contribution is 6.33. The predicted octanol–water partition coefficient (Wildman–Crippen LogP) is 5.70. The van der Waals surface area contributed by atoms with Gasteiger partial charge in [-0.3, -0.25) is 4.79 Å². The SMILES string of the molecule is CC1=C(C(=O)N(C)[C@@H](C)c2ccccc2)C(c2cccc(Cl)c2)n2ncc(Cl)c2N1. The lowest BCUT2D eigenvalue weighted by atomic mass is 9.93. The number of benzene rings is 2. The summed E-state index contributed by atoms with van der Waals surface area (Å²) in [7, 11) is 1.82. The summed E-state index contributed by atoms with van der Waals surface area (Å²) in [5.74, 6) is 0.577. The van der Waals surface area contributed by atoms with Crippen LogP contribution in [0.3, 0.4) is 0 Å². The second-order valence-electron chi connectivity index (χ2n) is 7.41. The highest BCUT2D eigenvalue weighted by Crippen LogP contribution is 2.40. The third kappa shape index (κ3) is 3.59. The Morgan fingerprint density at radius 2 is 1.90 bits per heavy atom. The first-order valence-electron chi connectivity index (χ1n) is 9.67. The van der Waals surface area contributed by atoms with Crippen molar-refractivity contribution < 1.29 is 4.79 Å². The van der Waals surface area contributed by atoms with Crippen LogP contribution in [0.4, 0.5) is 5.82 Å². The number of rotatable bonds is 4. The Kier molecular flexibility index (Phi) is 5.58. The number of allylic oxidation sites excluding steroid dienone is 1. The summed E-state index contributed by atoms with van der Waals surface area (Å²) in [6.45, 7) is 3.91. The molecule has 0 radical (unpaired) electrons. The molecule has 0 aliphatic carbocycles. The van der Waals surface area contributed by atoms with Gasteiger partial charge in [-0.25, -0.2) is 4.68 Å². The van der Waals surface area contributed by atoms with Crippen LogP contribution < -0.4 is 5.32 Å². The van der Waals surface area contributed by atoms with E-state index >= 15 is 0 Å². The van der Waals surface area contributed by atoms with E-state index in [9.17, 15) is 4.79 Å². The first-order valence-corrected chi connectivity index (χ1v) is 10.4. The molecule has 0 bridgehead atoms. The fourth-order valence-electron chi connectivity index (χ4n) is 3.81. The minimum Gasteiger partial charge on any atom is -0.342 e. The number of fused-ring (bicyclic) bond motifs is 1. The number of hydrogen-bond donors (Lipinski definition) is 1. The van der Waals surface area contributed by atoms with Gasteiger partial charge in [-0.2, -0.15) is 5.10 Å². The van der Waals surface area contributed by atoms with E-state index in [0.717, 1.165) is 16.8 Å². The molecule has 1 unspecified atom stereocenters. The molecule has 4 rings (SSSR count). The first-order chi connectivity index (χ1) is 14.4. The third-order valence-electron chi connectivity index (χ3n) is 5.56. The number of carbonyl (C=O) groups is 1. The van der Waals surface area contributed by atoms with Gasteiger partial charge in [0.1, 0.15) is 16.9 Å². The fourth-order valence-corrected chi connectivity index (χ4v) is 4.19. The molecule has 1 N–H and O–H groups in total. The van der Waals surface area contributed by atoms with Crippen molar-refractivity contribution in [3.63, 3.8) is 0 Å². The normalized spacial score (nSPS) is 16.6. The number of likely N-dealkylation sites (N-methyl/N-ethyl adjacent to an activating group) is 1. The van der Waals surface area contributed by atoms with Crippen molar-refractivity contribution >= 4 is 34.9 Å². The van der Waals surface area contributed by atoms with E-state index in [-0.39, 0.29) is 11.9 Å². The standard InChI is InChI=1S/C23H22Cl2N4O/c1-14-20(23(30)28(3)15(2)16-8-5-4-6-9-16)21(17-10-7-11-18(24)12-17)29-22(27-14)19(25)13-26-29/h4-13,15,21,27H,1-3H3/t15-,21?/m0/s1. The number of amides is 1. The first kappa shape index (κ1) is 20.5. The van der Waals surface area contributed by atoms with E-state index in [0.29, 0.717) is 21.4 Å². The van der Waals surface area contributed by atoms with E-state index in [1.54, 1.807) is 15.8 Å². The lowest BCUT2D eigenvalue weighted by Gasteiger charge is -2.34. The minimum atomic E-state index is -0.439. The van der Waals surface area contributed by atoms with E-state index in [1.807, 2.05) is 75.5 Å². The van der Waals surface area contributed by atoms with Crippen LogP contribution in [0.1, 0.15) is 37.1 Å². The highest BCUT2D eigenvalue weighted by Gasteiger charge is 2.36. The molecular weight excluding hydrogens is 419 g/mol. The van der Waals surface area contributed by atoms with Crippen LogP contribution >= 0.6 is 23.2 Å². The number of hydrogen-bond acceptors (Lipinski definition) is 3. The molecule has 2 heterocycles. The monoisotopic (exact) mass is 440 g/mol. The third-order valence-corrected chi connectivity index (χ3v) is 6.07. The maximum Gasteiger partial charge on any atom is 0.254 e. The Morgan fingerprint density at radius 3 is 2.60 bits per heavy atom. The molecule has 0 fully saturated rings. The van der Waals surface area contributed by atoms with E-state index < -0.39 is 6.04 Å². The lowest BCUT2D eigenvalue weighted by Crippen LogP contribution is -2.37. The Hall–Kier alpha value is -2.76. The van der Waals surface area contributed by atoms with E-state index in [2.05, 4.69) is 10.4 Å². The maximum atomic E-state index is 13.7. The van der Waals surface area contributed by atoms with Gasteiger partial charge in [0.2, 0.25) is 0 Å². The molecule has 2 atom stereocenters. The molecule has 30 heavy (non-hydrogen) atoms. The van der Waals surface area contributed by atoms with Crippen LogP contribution in [-0.4, -0.2) is 27.6 Å². The summed E-state index contributed by atoms with van der Waals surface area (Å²) in [6.07, 6.45) is 1.58. The van der Waals surface area contributed by atoms with Gasteiger partial charge < -0.3 is 10.2 Å². The van der Waals surface area contributed by atoms with Crippen molar-refractivity contribution in [1.29, 1.82) is 0 Å². The summed E-state index contributed by atoms with van der Waals surface area (Å²) in [5.41, 5.74) is 3.28. The van der Waals surface area contributed by atoms with Crippen LogP contribution in [0.15, 0.2) is 72.1 Å². The largest absolute Gasteiger partial charge is 0.342 e. The molecule has 2 aromatic carbocycles. The predicted molar refractivity (Wildman–Crippen MR) is 121 cm³/mol. The van der Waals surface area contributed by atoms with Gasteiger partial charge in [0, 0.05) is 17.8 Å². The van der Waals surface area contributed by atoms with Crippen molar-refractivity contribution in [2.45, 2.75) is 25.9 Å². The molecule has 0 saturated heterocycles. The van der Waals surface area contributed by atoms with Crippen LogP contribution in [0.5, 0.6) is 0 Å². The van der Waals surface area contributed by atoms with Crippen LogP contribution in [0, 0.1) is 0 Å². The van der Waals surface area contributed by atoms with Crippen molar-refractivity contribution in [2.75, 3.05) is 12.4 Å². The van der Waals surface area contributed by atoms with Gasteiger partial charge in [-0.15, -0.1) is 0 Å². The number of nitrogens with zero attached hydrogens (tertiary/aromatic N) is 3. The lowest BCUT2D eigenvalue weighted by molar-refractivity contribution is -0.128. The average molecular weight is 441 g/mol. The zero-order valence-corrected chi connectivity index (χ0v) is 18.4. The van der Waals surface area contributed by atoms with Crippen molar-refractivity contribution in [1.82, 2.24) is 14.7 Å². The molecule has 154 valence electrons. The number of aromatic nitrogens is 2. The van der Waals surface area contributed by atoms with Gasteiger partial charge in [0.25, 0.3) is 5.91 Å². The molecular formula is C23H22Cl2N4O. The number of halogens is 2. The highest BCUT2D eigenvalue weighted by atomic mass is 35.5. The zero-order valence-electron chi connectivity index (χ0n) is 16.9. The van der Waals surface area contributed by atoms with Gasteiger partial charge in [0.15, 0.2) is 0 Å². The van der Waals surface area contributed by atoms with E-state index in [4.69, 9.17) is 23.2 Å². The fraction of sp³-hybridized carbons (Fsp3) is 0.217.